The van der Waals surface area contributed by atoms with Crippen molar-refractivity contribution in [3.05, 3.63) is 57.0 Å². The van der Waals surface area contributed by atoms with Crippen LogP contribution in [0.25, 0.3) is 0 Å². The topological polar surface area (TPSA) is 73.7 Å². The Morgan fingerprint density at radius 2 is 1.76 bits per heavy atom. The Labute approximate surface area is 224 Å². The van der Waals surface area contributed by atoms with Gasteiger partial charge in [0.05, 0.1) is 18.5 Å². The summed E-state index contributed by atoms with van der Waals surface area (Å²) in [5.74, 6) is -0.398. The van der Waals surface area contributed by atoms with E-state index < -0.39 is 5.79 Å². The summed E-state index contributed by atoms with van der Waals surface area (Å²) < 4.78 is 13.2. The minimum atomic E-state index is -0.504. The van der Waals surface area contributed by atoms with Gasteiger partial charge in [0.2, 0.25) is 5.91 Å². The number of amides is 1. The van der Waals surface area contributed by atoms with Crippen molar-refractivity contribution in [3.8, 4) is 0 Å². The van der Waals surface area contributed by atoms with Crippen molar-refractivity contribution in [3.63, 3.8) is 0 Å². The van der Waals surface area contributed by atoms with Crippen LogP contribution in [0.1, 0.15) is 75.8 Å². The molecule has 0 aliphatic carbocycles. The molecule has 1 atom stereocenters. The third-order valence-electron chi connectivity index (χ3n) is 7.48. The standard InChI is InChI=1S/C29H41N3O4S/c1-7-8-24(26(34)32-15-13-29(14-16-32)35-17-18-36-29)37-27-30-20(2)23(25(33)31(27)6)19-21-9-11-22(12-10-21)28(3,4)5/h9-12,24H,7-8,13-19H2,1-6H3. The molecular weight excluding hydrogens is 486 g/mol. The van der Waals surface area contributed by atoms with E-state index in [1.54, 1.807) is 11.6 Å². The third kappa shape index (κ3) is 6.29. The van der Waals surface area contributed by atoms with Gasteiger partial charge in [-0.2, -0.15) is 0 Å². The van der Waals surface area contributed by atoms with Crippen molar-refractivity contribution in [2.45, 2.75) is 88.3 Å². The fraction of sp³-hybridized carbons (Fsp3) is 0.621. The number of rotatable bonds is 7. The molecule has 0 saturated carbocycles. The van der Waals surface area contributed by atoms with E-state index >= 15 is 0 Å². The molecule has 2 aliphatic heterocycles. The smallest absolute Gasteiger partial charge is 0.257 e. The quantitative estimate of drug-likeness (QED) is 0.387. The predicted octanol–water partition coefficient (Wildman–Crippen LogP) is 4.60. The largest absolute Gasteiger partial charge is 0.347 e. The molecule has 7 nitrogen and oxygen atoms in total. The number of benzene rings is 1. The average molecular weight is 528 g/mol. The zero-order chi connectivity index (χ0) is 26.8. The second-order valence-electron chi connectivity index (χ2n) is 11.3. The molecular formula is C29H41N3O4S. The number of likely N-dealkylation sites (tertiary alicyclic amines) is 1. The van der Waals surface area contributed by atoms with Crippen LogP contribution in [0.15, 0.2) is 34.2 Å². The second kappa shape index (κ2) is 11.3. The van der Waals surface area contributed by atoms with E-state index in [1.165, 1.54) is 17.3 Å². The van der Waals surface area contributed by atoms with E-state index in [2.05, 4.69) is 52.0 Å². The van der Waals surface area contributed by atoms with Crippen LogP contribution in [0.3, 0.4) is 0 Å². The first-order chi connectivity index (χ1) is 17.5. The van der Waals surface area contributed by atoms with Gasteiger partial charge in [-0.3, -0.25) is 14.2 Å². The van der Waals surface area contributed by atoms with Crippen molar-refractivity contribution >= 4 is 17.7 Å². The lowest BCUT2D eigenvalue weighted by Crippen LogP contribution is -2.49. The second-order valence-corrected chi connectivity index (χ2v) is 12.4. The molecule has 1 aromatic carbocycles. The van der Waals surface area contributed by atoms with Gasteiger partial charge in [-0.1, -0.05) is 70.1 Å². The first kappa shape index (κ1) is 27.9. The average Bonchev–Trinajstić information content (AvgIpc) is 3.32. The van der Waals surface area contributed by atoms with Crippen molar-refractivity contribution < 1.29 is 14.3 Å². The number of aromatic nitrogens is 2. The Hall–Kier alpha value is -2.16. The summed E-state index contributed by atoms with van der Waals surface area (Å²) in [5, 5.41) is 0.315. The van der Waals surface area contributed by atoms with Crippen LogP contribution in [0.5, 0.6) is 0 Å². The number of carbonyl (C=O) groups is 1. The summed E-state index contributed by atoms with van der Waals surface area (Å²) in [6.45, 7) is 13.1. The molecule has 1 aromatic heterocycles. The predicted molar refractivity (Wildman–Crippen MR) is 147 cm³/mol. The van der Waals surface area contributed by atoms with Gasteiger partial charge >= 0.3 is 0 Å². The minimum absolute atomic E-state index is 0.0481. The Balaban J connectivity index is 1.48. The molecule has 1 amide bonds. The summed E-state index contributed by atoms with van der Waals surface area (Å²) in [7, 11) is 1.76. The number of hydrogen-bond donors (Lipinski definition) is 0. The van der Waals surface area contributed by atoms with Crippen LogP contribution < -0.4 is 5.56 Å². The summed E-state index contributed by atoms with van der Waals surface area (Å²) >= 11 is 1.41. The lowest BCUT2D eigenvalue weighted by Gasteiger charge is -2.38. The highest BCUT2D eigenvalue weighted by molar-refractivity contribution is 8.00. The summed E-state index contributed by atoms with van der Waals surface area (Å²) in [6.07, 6.45) is 3.54. The SMILES string of the molecule is CCCC(Sc1nc(C)c(Cc2ccc(C(C)(C)C)cc2)c(=O)n1C)C(=O)N1CCC2(CC1)OCCO2. The minimum Gasteiger partial charge on any atom is -0.347 e. The van der Waals surface area contributed by atoms with Gasteiger partial charge in [-0.05, 0) is 29.9 Å². The highest BCUT2D eigenvalue weighted by Gasteiger charge is 2.41. The van der Waals surface area contributed by atoms with Crippen molar-refractivity contribution in [1.82, 2.24) is 14.5 Å². The van der Waals surface area contributed by atoms with Crippen LogP contribution in [0, 0.1) is 6.92 Å². The molecule has 202 valence electrons. The van der Waals surface area contributed by atoms with Gasteiger partial charge in [0.1, 0.15) is 0 Å². The lowest BCUT2D eigenvalue weighted by atomic mass is 9.86. The summed E-state index contributed by atoms with van der Waals surface area (Å²) in [5.41, 5.74) is 3.82. The van der Waals surface area contributed by atoms with E-state index in [0.29, 0.717) is 56.3 Å². The Morgan fingerprint density at radius 3 is 2.32 bits per heavy atom. The molecule has 37 heavy (non-hydrogen) atoms. The highest BCUT2D eigenvalue weighted by atomic mass is 32.2. The molecule has 2 saturated heterocycles. The molecule has 3 heterocycles. The van der Waals surface area contributed by atoms with Crippen LogP contribution in [-0.4, -0.2) is 57.7 Å². The zero-order valence-electron chi connectivity index (χ0n) is 23.1. The molecule has 0 bridgehead atoms. The van der Waals surface area contributed by atoms with Gasteiger partial charge < -0.3 is 14.4 Å². The fourth-order valence-electron chi connectivity index (χ4n) is 5.05. The van der Waals surface area contributed by atoms with Crippen LogP contribution in [0.4, 0.5) is 0 Å². The van der Waals surface area contributed by atoms with Gasteiger partial charge in [0, 0.05) is 50.7 Å². The molecule has 2 aliphatic rings. The van der Waals surface area contributed by atoms with Gasteiger partial charge in [0.15, 0.2) is 10.9 Å². The molecule has 0 N–H and O–H groups in total. The number of ether oxygens (including phenoxy) is 2. The van der Waals surface area contributed by atoms with Crippen LogP contribution >= 0.6 is 11.8 Å². The van der Waals surface area contributed by atoms with Crippen molar-refractivity contribution in [2.75, 3.05) is 26.3 Å². The normalized spacial score (nSPS) is 18.4. The van der Waals surface area contributed by atoms with Crippen LogP contribution in [0.2, 0.25) is 0 Å². The summed E-state index contributed by atoms with van der Waals surface area (Å²) in [4.78, 5) is 33.6. The van der Waals surface area contributed by atoms with Crippen LogP contribution in [-0.2, 0) is 33.2 Å². The van der Waals surface area contributed by atoms with E-state index in [4.69, 9.17) is 14.5 Å². The molecule has 8 heteroatoms. The fourth-order valence-corrected chi connectivity index (χ4v) is 6.33. The van der Waals surface area contributed by atoms with E-state index in [-0.39, 0.29) is 22.1 Å². The van der Waals surface area contributed by atoms with Crippen molar-refractivity contribution in [1.29, 1.82) is 0 Å². The number of aryl methyl sites for hydroxylation is 1. The number of hydrogen-bond acceptors (Lipinski definition) is 6. The van der Waals surface area contributed by atoms with Gasteiger partial charge in [-0.15, -0.1) is 0 Å². The molecule has 2 fully saturated rings. The Kier molecular flexibility index (Phi) is 8.51. The maximum absolute atomic E-state index is 13.5. The van der Waals surface area contributed by atoms with E-state index in [9.17, 15) is 9.59 Å². The molecule has 1 unspecified atom stereocenters. The number of carbonyl (C=O) groups excluding carboxylic acids is 1. The Morgan fingerprint density at radius 1 is 1.14 bits per heavy atom. The first-order valence-electron chi connectivity index (χ1n) is 13.4. The molecule has 2 aromatic rings. The van der Waals surface area contributed by atoms with Gasteiger partial charge in [0.25, 0.3) is 5.56 Å². The molecule has 4 rings (SSSR count). The maximum atomic E-state index is 13.5. The van der Waals surface area contributed by atoms with Crippen molar-refractivity contribution in [2.24, 2.45) is 7.05 Å². The molecule has 1 spiro atoms. The number of piperidine rings is 1. The monoisotopic (exact) mass is 527 g/mol. The van der Waals surface area contributed by atoms with Gasteiger partial charge in [-0.25, -0.2) is 4.98 Å². The Bertz CT molecular complexity index is 1150. The van der Waals surface area contributed by atoms with E-state index in [1.807, 2.05) is 11.8 Å². The first-order valence-corrected chi connectivity index (χ1v) is 14.3. The summed E-state index contributed by atoms with van der Waals surface area (Å²) in [6, 6.07) is 8.48. The maximum Gasteiger partial charge on any atom is 0.257 e. The number of thioether (sulfide) groups is 1. The zero-order valence-corrected chi connectivity index (χ0v) is 24.0. The highest BCUT2D eigenvalue weighted by Crippen LogP contribution is 2.33. The molecule has 0 radical (unpaired) electrons. The van der Waals surface area contributed by atoms with E-state index in [0.717, 1.165) is 24.1 Å². The number of nitrogens with zero attached hydrogens (tertiary/aromatic N) is 3. The third-order valence-corrected chi connectivity index (χ3v) is 8.77. The lowest BCUT2D eigenvalue weighted by molar-refractivity contribution is -0.187.